The number of allylic oxidation sites excluding steroid dienone is 5. The van der Waals surface area contributed by atoms with E-state index >= 15 is 0 Å². The summed E-state index contributed by atoms with van der Waals surface area (Å²) in [6.07, 6.45) is 9.89. The fourth-order valence-electron chi connectivity index (χ4n) is 4.65. The summed E-state index contributed by atoms with van der Waals surface area (Å²) in [5.74, 6) is -0.882. The summed E-state index contributed by atoms with van der Waals surface area (Å²) in [5.41, 5.74) is 7.64. The topological polar surface area (TPSA) is 84.5 Å². The molecule has 6 nitrogen and oxygen atoms in total. The van der Waals surface area contributed by atoms with Crippen molar-refractivity contribution in [1.29, 1.82) is 0 Å². The second-order valence-electron chi connectivity index (χ2n) is 8.53. The van der Waals surface area contributed by atoms with Crippen LogP contribution in [0.1, 0.15) is 58.4 Å². The summed E-state index contributed by atoms with van der Waals surface area (Å²) in [7, 11) is 1.31. The minimum absolute atomic E-state index is 0.127. The zero-order chi connectivity index (χ0) is 22.9. The van der Waals surface area contributed by atoms with Gasteiger partial charge in [-0.25, -0.2) is 4.79 Å². The van der Waals surface area contributed by atoms with Gasteiger partial charge >= 0.3 is 5.97 Å². The third kappa shape index (κ3) is 4.12. The summed E-state index contributed by atoms with van der Waals surface area (Å²) in [6, 6.07) is 11.6. The maximum atomic E-state index is 12.7. The summed E-state index contributed by atoms with van der Waals surface area (Å²) in [6.45, 7) is 0. The van der Waals surface area contributed by atoms with Gasteiger partial charge in [-0.15, -0.1) is 0 Å². The molecule has 2 N–H and O–H groups in total. The first kappa shape index (κ1) is 20.9. The first-order valence-electron chi connectivity index (χ1n) is 11.1. The molecule has 2 aromatic rings. The number of rotatable bonds is 4. The van der Waals surface area contributed by atoms with Gasteiger partial charge in [-0.2, -0.15) is 0 Å². The molecule has 2 aliphatic carbocycles. The predicted octanol–water partition coefficient (Wildman–Crippen LogP) is 5.26. The Labute approximate surface area is 192 Å². The molecule has 1 heterocycles. The normalized spacial score (nSPS) is 17.9. The van der Waals surface area contributed by atoms with E-state index in [0.29, 0.717) is 22.4 Å². The highest BCUT2D eigenvalue weighted by Crippen LogP contribution is 2.40. The summed E-state index contributed by atoms with van der Waals surface area (Å²) in [5, 5.41) is 5.79. The molecule has 0 bridgehead atoms. The van der Waals surface area contributed by atoms with Gasteiger partial charge in [-0.05, 0) is 91.8 Å². The van der Waals surface area contributed by atoms with Crippen LogP contribution in [0, 0.1) is 0 Å². The summed E-state index contributed by atoms with van der Waals surface area (Å²) >= 11 is 0. The average Bonchev–Trinajstić information content (AvgIpc) is 3.38. The molecule has 33 heavy (non-hydrogen) atoms. The predicted molar refractivity (Wildman–Crippen MR) is 127 cm³/mol. The van der Waals surface area contributed by atoms with E-state index in [2.05, 4.69) is 21.4 Å². The number of carbonyl (C=O) groups excluding carboxylic acids is 3. The Kier molecular flexibility index (Phi) is 5.42. The first-order chi connectivity index (χ1) is 16.0. The number of methoxy groups -OCH3 is 1. The highest BCUT2D eigenvalue weighted by atomic mass is 16.5. The van der Waals surface area contributed by atoms with Gasteiger partial charge in [-0.1, -0.05) is 11.6 Å². The van der Waals surface area contributed by atoms with Crippen LogP contribution < -0.4 is 10.6 Å². The standard InChI is InChI=1S/C27H24N2O4/c1-33-27(32)18-8-6-17(7-9-18)25(30)28-21-10-11-24-22(15-21)23(26(31)29-24)14-16-12-19-4-2-3-5-20(19)13-16/h6-12,14-15H,2-5,13H2,1H3,(H,28,30)(H,29,31). The quantitative estimate of drug-likeness (QED) is 0.502. The SMILES string of the molecule is COC(=O)c1ccc(C(=O)Nc2ccc3c(c2)C(=CC2=CC4=C(CCCC4)C2)C(=O)N3)cc1. The number of nitrogens with one attached hydrogen (secondary N) is 2. The van der Waals surface area contributed by atoms with Crippen molar-refractivity contribution in [3.05, 3.63) is 88.0 Å². The molecule has 0 atom stereocenters. The number of carbonyl (C=O) groups is 3. The Bertz CT molecular complexity index is 1270. The molecule has 0 saturated heterocycles. The second-order valence-corrected chi connectivity index (χ2v) is 8.53. The van der Waals surface area contributed by atoms with Gasteiger partial charge in [0, 0.05) is 28.1 Å². The molecular weight excluding hydrogens is 416 g/mol. The van der Waals surface area contributed by atoms with Crippen LogP contribution in [0.15, 0.2) is 71.3 Å². The number of hydrogen-bond acceptors (Lipinski definition) is 4. The molecule has 0 radical (unpaired) electrons. The van der Waals surface area contributed by atoms with Gasteiger partial charge < -0.3 is 15.4 Å². The van der Waals surface area contributed by atoms with Gasteiger partial charge in [0.25, 0.3) is 11.8 Å². The van der Waals surface area contributed by atoms with Crippen LogP contribution >= 0.6 is 0 Å². The second kappa shape index (κ2) is 8.54. The van der Waals surface area contributed by atoms with Gasteiger partial charge in [0.15, 0.2) is 0 Å². The van der Waals surface area contributed by atoms with E-state index in [-0.39, 0.29) is 11.8 Å². The first-order valence-corrected chi connectivity index (χ1v) is 11.1. The summed E-state index contributed by atoms with van der Waals surface area (Å²) in [4.78, 5) is 36.9. The highest BCUT2D eigenvalue weighted by Gasteiger charge is 2.26. The van der Waals surface area contributed by atoms with Gasteiger partial charge in [-0.3, -0.25) is 9.59 Å². The van der Waals surface area contributed by atoms with E-state index in [1.54, 1.807) is 36.4 Å². The molecule has 5 rings (SSSR count). The Morgan fingerprint density at radius 3 is 2.55 bits per heavy atom. The number of hydrogen-bond donors (Lipinski definition) is 2. The zero-order valence-electron chi connectivity index (χ0n) is 18.4. The van der Waals surface area contributed by atoms with Crippen molar-refractivity contribution < 1.29 is 19.1 Å². The molecule has 0 saturated carbocycles. The van der Waals surface area contributed by atoms with Crippen molar-refractivity contribution in [2.45, 2.75) is 32.1 Å². The van der Waals surface area contributed by atoms with Crippen LogP contribution in [-0.2, 0) is 9.53 Å². The van der Waals surface area contributed by atoms with E-state index in [0.717, 1.165) is 30.5 Å². The lowest BCUT2D eigenvalue weighted by Crippen LogP contribution is -2.12. The average molecular weight is 440 g/mol. The van der Waals surface area contributed by atoms with Gasteiger partial charge in [0.2, 0.25) is 0 Å². The number of ether oxygens (including phenoxy) is 1. The zero-order valence-corrected chi connectivity index (χ0v) is 18.4. The van der Waals surface area contributed by atoms with Crippen molar-refractivity contribution in [2.75, 3.05) is 17.7 Å². The van der Waals surface area contributed by atoms with E-state index < -0.39 is 5.97 Å². The number of esters is 1. The molecule has 0 fully saturated rings. The van der Waals surface area contributed by atoms with Crippen molar-refractivity contribution >= 4 is 34.7 Å². The number of fused-ring (bicyclic) bond motifs is 1. The highest BCUT2D eigenvalue weighted by molar-refractivity contribution is 6.32. The van der Waals surface area contributed by atoms with Crippen LogP contribution in [-0.4, -0.2) is 24.9 Å². The van der Waals surface area contributed by atoms with E-state index in [4.69, 9.17) is 0 Å². The number of amides is 2. The van der Waals surface area contributed by atoms with Gasteiger partial charge in [0.05, 0.1) is 12.7 Å². The van der Waals surface area contributed by atoms with Crippen LogP contribution in [0.4, 0.5) is 11.4 Å². The number of benzene rings is 2. The lowest BCUT2D eigenvalue weighted by atomic mass is 9.93. The molecule has 2 amide bonds. The van der Waals surface area contributed by atoms with Crippen molar-refractivity contribution in [1.82, 2.24) is 0 Å². The molecule has 2 aromatic carbocycles. The molecule has 0 unspecified atom stereocenters. The van der Waals surface area contributed by atoms with Crippen molar-refractivity contribution in [3.63, 3.8) is 0 Å². The molecular formula is C27H24N2O4. The van der Waals surface area contributed by atoms with Gasteiger partial charge in [0.1, 0.15) is 0 Å². The third-order valence-corrected chi connectivity index (χ3v) is 6.36. The van der Waals surface area contributed by atoms with Crippen molar-refractivity contribution in [3.8, 4) is 0 Å². The number of anilines is 2. The largest absolute Gasteiger partial charge is 0.465 e. The van der Waals surface area contributed by atoms with E-state index in [1.165, 1.54) is 36.7 Å². The van der Waals surface area contributed by atoms with E-state index in [9.17, 15) is 14.4 Å². The molecule has 1 aliphatic heterocycles. The Morgan fingerprint density at radius 2 is 1.79 bits per heavy atom. The molecule has 166 valence electrons. The fourth-order valence-corrected chi connectivity index (χ4v) is 4.65. The molecule has 6 heteroatoms. The minimum Gasteiger partial charge on any atom is -0.465 e. The third-order valence-electron chi connectivity index (χ3n) is 6.36. The Hall–Kier alpha value is -3.93. The fraction of sp³-hybridized carbons (Fsp3) is 0.222. The smallest absolute Gasteiger partial charge is 0.337 e. The molecule has 0 aromatic heterocycles. The van der Waals surface area contributed by atoms with Crippen LogP contribution in [0.2, 0.25) is 0 Å². The maximum absolute atomic E-state index is 12.7. The van der Waals surface area contributed by atoms with Crippen LogP contribution in [0.25, 0.3) is 5.57 Å². The minimum atomic E-state index is -0.453. The molecule has 0 spiro atoms. The Morgan fingerprint density at radius 1 is 1.03 bits per heavy atom. The van der Waals surface area contributed by atoms with E-state index in [1.807, 2.05) is 12.1 Å². The monoisotopic (exact) mass is 440 g/mol. The van der Waals surface area contributed by atoms with Crippen LogP contribution in [0.5, 0.6) is 0 Å². The van der Waals surface area contributed by atoms with Crippen molar-refractivity contribution in [2.24, 2.45) is 0 Å². The summed E-state index contributed by atoms with van der Waals surface area (Å²) < 4.78 is 4.68. The lowest BCUT2D eigenvalue weighted by molar-refractivity contribution is -0.110. The maximum Gasteiger partial charge on any atom is 0.337 e. The lowest BCUT2D eigenvalue weighted by Gasteiger charge is -2.12. The van der Waals surface area contributed by atoms with Crippen LogP contribution in [0.3, 0.4) is 0 Å². The molecule has 3 aliphatic rings. The Balaban J connectivity index is 1.35.